The van der Waals surface area contributed by atoms with Crippen molar-refractivity contribution >= 4 is 9.84 Å². The zero-order valence-electron chi connectivity index (χ0n) is 13.9. The maximum absolute atomic E-state index is 14.1. The quantitative estimate of drug-likeness (QED) is 0.703. The summed E-state index contributed by atoms with van der Waals surface area (Å²) >= 11 is 0. The molecule has 0 unspecified atom stereocenters. The molecular formula is C18H17FN4O2S. The molecule has 26 heavy (non-hydrogen) atoms. The van der Waals surface area contributed by atoms with Gasteiger partial charge < -0.3 is 0 Å². The Morgan fingerprint density at radius 2 is 1.96 bits per heavy atom. The summed E-state index contributed by atoms with van der Waals surface area (Å²) in [6, 6.07) is 11.6. The predicted molar refractivity (Wildman–Crippen MR) is 94.8 cm³/mol. The molecule has 1 fully saturated rings. The standard InChI is InChI=1S/C18H17FN4O2S/c19-15-6-2-1-5-13(15)11-17-21-18(16-7-3-4-9-20-16)22-23(17)14-8-10-26(24,25)12-14/h1-7,9,14H,8,10-12H2/t14-/m0/s1. The average molecular weight is 372 g/mol. The highest BCUT2D eigenvalue weighted by Gasteiger charge is 2.32. The van der Waals surface area contributed by atoms with Gasteiger partial charge >= 0.3 is 0 Å². The second-order valence-corrected chi connectivity index (χ2v) is 8.56. The first kappa shape index (κ1) is 16.8. The Labute approximate surface area is 150 Å². The number of halogens is 1. The Kier molecular flexibility index (Phi) is 4.28. The van der Waals surface area contributed by atoms with E-state index in [2.05, 4.69) is 15.1 Å². The van der Waals surface area contributed by atoms with E-state index in [4.69, 9.17) is 0 Å². The van der Waals surface area contributed by atoms with Gasteiger partial charge in [-0.15, -0.1) is 5.10 Å². The summed E-state index contributed by atoms with van der Waals surface area (Å²) in [6.07, 6.45) is 2.37. The lowest BCUT2D eigenvalue weighted by atomic mass is 10.1. The number of benzene rings is 1. The summed E-state index contributed by atoms with van der Waals surface area (Å²) < 4.78 is 39.5. The molecule has 0 spiro atoms. The summed E-state index contributed by atoms with van der Waals surface area (Å²) in [7, 11) is -3.08. The fourth-order valence-electron chi connectivity index (χ4n) is 3.15. The van der Waals surface area contributed by atoms with E-state index in [1.54, 1.807) is 41.2 Å². The maximum Gasteiger partial charge on any atom is 0.200 e. The zero-order valence-corrected chi connectivity index (χ0v) is 14.7. The van der Waals surface area contributed by atoms with Crippen LogP contribution in [-0.4, -0.2) is 39.7 Å². The number of nitrogens with zero attached hydrogens (tertiary/aromatic N) is 4. The van der Waals surface area contributed by atoms with Crippen LogP contribution in [0.3, 0.4) is 0 Å². The third-order valence-corrected chi connectivity index (χ3v) is 6.21. The number of pyridine rings is 1. The molecule has 0 bridgehead atoms. The van der Waals surface area contributed by atoms with Crippen molar-refractivity contribution in [3.8, 4) is 11.5 Å². The van der Waals surface area contributed by atoms with Gasteiger partial charge in [-0.05, 0) is 30.2 Å². The van der Waals surface area contributed by atoms with Gasteiger partial charge in [0, 0.05) is 12.6 Å². The first-order chi connectivity index (χ1) is 12.5. The van der Waals surface area contributed by atoms with Crippen molar-refractivity contribution < 1.29 is 12.8 Å². The Morgan fingerprint density at radius 1 is 1.15 bits per heavy atom. The number of hydrogen-bond donors (Lipinski definition) is 0. The molecule has 4 rings (SSSR count). The topological polar surface area (TPSA) is 77.7 Å². The van der Waals surface area contributed by atoms with Gasteiger partial charge in [-0.3, -0.25) is 4.98 Å². The van der Waals surface area contributed by atoms with Crippen LogP contribution in [0.5, 0.6) is 0 Å². The Bertz CT molecular complexity index is 1030. The lowest BCUT2D eigenvalue weighted by Gasteiger charge is -2.12. The molecule has 1 atom stereocenters. The van der Waals surface area contributed by atoms with Crippen LogP contribution in [0.1, 0.15) is 23.9 Å². The molecular weight excluding hydrogens is 355 g/mol. The fourth-order valence-corrected chi connectivity index (χ4v) is 4.84. The third-order valence-electron chi connectivity index (χ3n) is 4.46. The van der Waals surface area contributed by atoms with Gasteiger partial charge in [0.1, 0.15) is 17.3 Å². The molecule has 0 amide bonds. The van der Waals surface area contributed by atoms with Gasteiger partial charge in [-0.25, -0.2) is 22.5 Å². The predicted octanol–water partition coefficient (Wildman–Crippen LogP) is 2.43. The summed E-state index contributed by atoms with van der Waals surface area (Å²) in [5, 5.41) is 4.51. The SMILES string of the molecule is O=S1(=O)CC[C@H](n2nc(-c3ccccn3)nc2Cc2ccccc2F)C1. The van der Waals surface area contributed by atoms with Crippen molar-refractivity contribution in [2.45, 2.75) is 18.9 Å². The van der Waals surface area contributed by atoms with Gasteiger partial charge in [0.2, 0.25) is 0 Å². The molecule has 1 aliphatic heterocycles. The number of rotatable bonds is 4. The Morgan fingerprint density at radius 3 is 2.65 bits per heavy atom. The van der Waals surface area contributed by atoms with Crippen LogP contribution in [0.2, 0.25) is 0 Å². The molecule has 3 aromatic rings. The molecule has 1 aromatic carbocycles. The van der Waals surface area contributed by atoms with Crippen LogP contribution in [0.4, 0.5) is 4.39 Å². The summed E-state index contributed by atoms with van der Waals surface area (Å²) in [6.45, 7) is 0. The van der Waals surface area contributed by atoms with Crippen LogP contribution in [0, 0.1) is 5.82 Å². The van der Waals surface area contributed by atoms with E-state index in [9.17, 15) is 12.8 Å². The highest BCUT2D eigenvalue weighted by atomic mass is 32.2. The van der Waals surface area contributed by atoms with Gasteiger partial charge in [0.05, 0.1) is 17.5 Å². The number of sulfone groups is 1. The summed E-state index contributed by atoms with van der Waals surface area (Å²) in [4.78, 5) is 8.79. The van der Waals surface area contributed by atoms with Crippen LogP contribution in [-0.2, 0) is 16.3 Å². The Balaban J connectivity index is 1.75. The van der Waals surface area contributed by atoms with Crippen LogP contribution in [0.25, 0.3) is 11.5 Å². The monoisotopic (exact) mass is 372 g/mol. The van der Waals surface area contributed by atoms with Crippen molar-refractivity contribution in [1.82, 2.24) is 19.7 Å². The molecule has 134 valence electrons. The zero-order chi connectivity index (χ0) is 18.1. The molecule has 8 heteroatoms. The highest BCUT2D eigenvalue weighted by Crippen LogP contribution is 2.27. The van der Waals surface area contributed by atoms with E-state index >= 15 is 0 Å². The fraction of sp³-hybridized carbons (Fsp3) is 0.278. The third kappa shape index (κ3) is 3.37. The molecule has 0 N–H and O–H groups in total. The normalized spacial score (nSPS) is 18.9. The van der Waals surface area contributed by atoms with E-state index in [0.717, 1.165) is 0 Å². The van der Waals surface area contributed by atoms with Crippen molar-refractivity contribution in [3.63, 3.8) is 0 Å². The molecule has 1 saturated heterocycles. The van der Waals surface area contributed by atoms with Gasteiger partial charge in [-0.2, -0.15) is 0 Å². The minimum Gasteiger partial charge on any atom is -0.253 e. The molecule has 6 nitrogen and oxygen atoms in total. The van der Waals surface area contributed by atoms with Gasteiger partial charge in [-0.1, -0.05) is 24.3 Å². The molecule has 2 aromatic heterocycles. The van der Waals surface area contributed by atoms with Crippen molar-refractivity contribution in [2.24, 2.45) is 0 Å². The minimum absolute atomic E-state index is 0.0300. The molecule has 0 aliphatic carbocycles. The molecule has 3 heterocycles. The second-order valence-electron chi connectivity index (χ2n) is 6.34. The van der Waals surface area contributed by atoms with Crippen LogP contribution >= 0.6 is 0 Å². The first-order valence-corrected chi connectivity index (χ1v) is 10.1. The van der Waals surface area contributed by atoms with Crippen LogP contribution in [0.15, 0.2) is 48.7 Å². The first-order valence-electron chi connectivity index (χ1n) is 8.32. The number of aromatic nitrogens is 4. The maximum atomic E-state index is 14.1. The van der Waals surface area contributed by atoms with E-state index in [0.29, 0.717) is 29.3 Å². The lowest BCUT2D eigenvalue weighted by molar-refractivity contribution is 0.480. The summed E-state index contributed by atoms with van der Waals surface area (Å²) in [5.74, 6) is 0.803. The van der Waals surface area contributed by atoms with Crippen LogP contribution < -0.4 is 0 Å². The van der Waals surface area contributed by atoms with E-state index in [1.807, 2.05) is 6.07 Å². The second kappa shape index (κ2) is 6.60. The molecule has 1 aliphatic rings. The van der Waals surface area contributed by atoms with Crippen molar-refractivity contribution in [3.05, 3.63) is 65.9 Å². The number of hydrogen-bond acceptors (Lipinski definition) is 5. The lowest BCUT2D eigenvalue weighted by Crippen LogP contribution is -2.16. The summed E-state index contributed by atoms with van der Waals surface area (Å²) in [5.41, 5.74) is 1.09. The van der Waals surface area contributed by atoms with E-state index in [-0.39, 0.29) is 29.8 Å². The van der Waals surface area contributed by atoms with Crippen molar-refractivity contribution in [2.75, 3.05) is 11.5 Å². The van der Waals surface area contributed by atoms with Gasteiger partial charge in [0.15, 0.2) is 15.7 Å². The molecule has 0 saturated carbocycles. The minimum atomic E-state index is -3.08. The Hall–Kier alpha value is -2.61. The largest absolute Gasteiger partial charge is 0.253 e. The highest BCUT2D eigenvalue weighted by molar-refractivity contribution is 7.91. The smallest absolute Gasteiger partial charge is 0.200 e. The van der Waals surface area contributed by atoms with E-state index in [1.165, 1.54) is 6.07 Å². The van der Waals surface area contributed by atoms with E-state index < -0.39 is 9.84 Å². The van der Waals surface area contributed by atoms with Gasteiger partial charge in [0.25, 0.3) is 0 Å². The molecule has 0 radical (unpaired) electrons. The average Bonchev–Trinajstić information content (AvgIpc) is 3.21. The van der Waals surface area contributed by atoms with Crippen molar-refractivity contribution in [1.29, 1.82) is 0 Å².